The lowest BCUT2D eigenvalue weighted by atomic mass is 10.1. The van der Waals surface area contributed by atoms with Gasteiger partial charge < -0.3 is 9.80 Å². The molecule has 0 saturated heterocycles. The molecule has 0 amide bonds. The average molecular weight is 346 g/mol. The predicted molar refractivity (Wildman–Crippen MR) is 109 cm³/mol. The highest BCUT2D eigenvalue weighted by Gasteiger charge is 2.24. The maximum absolute atomic E-state index is 2.37. The van der Waals surface area contributed by atoms with Crippen molar-refractivity contribution in [3.05, 3.63) is 72.8 Å². The van der Waals surface area contributed by atoms with Gasteiger partial charge >= 0.3 is 0 Å². The SMILES string of the molecule is CCN(CC)c1ccc(N2c3ccccc3Sc3ccccc32)cc1. The first-order chi connectivity index (χ1) is 12.3. The van der Waals surface area contributed by atoms with Gasteiger partial charge in [-0.15, -0.1) is 0 Å². The van der Waals surface area contributed by atoms with Crippen molar-refractivity contribution in [1.82, 2.24) is 0 Å². The quantitative estimate of drug-likeness (QED) is 0.418. The normalized spacial score (nSPS) is 12.5. The van der Waals surface area contributed by atoms with E-state index >= 15 is 0 Å². The smallest absolute Gasteiger partial charge is 0.0601 e. The van der Waals surface area contributed by atoms with Crippen molar-refractivity contribution in [2.45, 2.75) is 23.6 Å². The molecule has 3 aromatic carbocycles. The minimum Gasteiger partial charge on any atom is -0.372 e. The first-order valence-corrected chi connectivity index (χ1v) is 9.64. The van der Waals surface area contributed by atoms with Crippen LogP contribution in [0.4, 0.5) is 22.7 Å². The van der Waals surface area contributed by atoms with Crippen molar-refractivity contribution in [3.8, 4) is 0 Å². The van der Waals surface area contributed by atoms with Gasteiger partial charge in [-0.05, 0) is 62.4 Å². The van der Waals surface area contributed by atoms with Crippen LogP contribution in [-0.2, 0) is 0 Å². The summed E-state index contributed by atoms with van der Waals surface area (Å²) in [5.41, 5.74) is 4.99. The zero-order valence-electron chi connectivity index (χ0n) is 14.6. The van der Waals surface area contributed by atoms with Crippen LogP contribution in [0, 0.1) is 0 Å². The van der Waals surface area contributed by atoms with Gasteiger partial charge in [0.15, 0.2) is 0 Å². The molecule has 0 aromatic heterocycles. The van der Waals surface area contributed by atoms with Crippen LogP contribution in [0.1, 0.15) is 13.8 Å². The molecule has 0 atom stereocenters. The van der Waals surface area contributed by atoms with E-state index in [9.17, 15) is 0 Å². The fourth-order valence-corrected chi connectivity index (χ4v) is 4.44. The first-order valence-electron chi connectivity index (χ1n) is 8.83. The Balaban J connectivity index is 1.80. The molecule has 126 valence electrons. The van der Waals surface area contributed by atoms with Gasteiger partial charge in [0.1, 0.15) is 0 Å². The second-order valence-electron chi connectivity index (χ2n) is 6.06. The zero-order valence-corrected chi connectivity index (χ0v) is 15.5. The van der Waals surface area contributed by atoms with Gasteiger partial charge in [0.25, 0.3) is 0 Å². The molecular weight excluding hydrogens is 324 g/mol. The van der Waals surface area contributed by atoms with Gasteiger partial charge in [-0.1, -0.05) is 36.0 Å². The van der Waals surface area contributed by atoms with Crippen molar-refractivity contribution in [3.63, 3.8) is 0 Å². The molecule has 0 saturated carbocycles. The van der Waals surface area contributed by atoms with Crippen molar-refractivity contribution in [2.24, 2.45) is 0 Å². The van der Waals surface area contributed by atoms with Crippen LogP contribution in [0.25, 0.3) is 0 Å². The Morgan fingerprint density at radius 2 is 1.24 bits per heavy atom. The van der Waals surface area contributed by atoms with Crippen LogP contribution < -0.4 is 9.80 Å². The van der Waals surface area contributed by atoms with Crippen LogP contribution in [0.5, 0.6) is 0 Å². The van der Waals surface area contributed by atoms with E-state index in [0.29, 0.717) is 0 Å². The van der Waals surface area contributed by atoms with Gasteiger partial charge in [-0.25, -0.2) is 0 Å². The molecule has 0 unspecified atom stereocenters. The molecule has 3 aromatic rings. The minimum absolute atomic E-state index is 1.03. The van der Waals surface area contributed by atoms with Crippen LogP contribution in [0.15, 0.2) is 82.6 Å². The van der Waals surface area contributed by atoms with Gasteiger partial charge in [-0.2, -0.15) is 0 Å². The summed E-state index contributed by atoms with van der Waals surface area (Å²) in [6.07, 6.45) is 0. The Kier molecular flexibility index (Phi) is 4.41. The molecule has 0 bridgehead atoms. The molecule has 3 heteroatoms. The largest absolute Gasteiger partial charge is 0.372 e. The zero-order chi connectivity index (χ0) is 17.2. The van der Waals surface area contributed by atoms with E-state index < -0.39 is 0 Å². The number of hydrogen-bond donors (Lipinski definition) is 0. The van der Waals surface area contributed by atoms with E-state index in [1.165, 1.54) is 32.5 Å². The second-order valence-corrected chi connectivity index (χ2v) is 7.15. The second kappa shape index (κ2) is 6.85. The number of fused-ring (bicyclic) bond motifs is 2. The molecule has 1 heterocycles. The fraction of sp³-hybridized carbons (Fsp3) is 0.182. The summed E-state index contributed by atoms with van der Waals surface area (Å²) in [6.45, 7) is 6.46. The summed E-state index contributed by atoms with van der Waals surface area (Å²) in [6, 6.07) is 26.2. The van der Waals surface area contributed by atoms with Gasteiger partial charge in [-0.3, -0.25) is 0 Å². The molecule has 0 fully saturated rings. The summed E-state index contributed by atoms with van der Waals surface area (Å²) in [5.74, 6) is 0. The molecule has 0 radical (unpaired) electrons. The van der Waals surface area contributed by atoms with Crippen molar-refractivity contribution >= 4 is 34.5 Å². The third-order valence-corrected chi connectivity index (χ3v) is 5.80. The number of rotatable bonds is 4. The molecule has 0 spiro atoms. The lowest BCUT2D eigenvalue weighted by Crippen LogP contribution is -2.21. The van der Waals surface area contributed by atoms with Crippen LogP contribution in [-0.4, -0.2) is 13.1 Å². The third-order valence-electron chi connectivity index (χ3n) is 4.67. The molecule has 4 rings (SSSR count). The Labute approximate surface area is 154 Å². The van der Waals surface area contributed by atoms with E-state index in [1.54, 1.807) is 0 Å². The standard InChI is InChI=1S/C22H22N2S/c1-3-23(4-2)17-13-15-18(16-14-17)24-19-9-5-7-11-21(19)25-22-12-8-6-10-20(22)24/h5-16H,3-4H2,1-2H3. The van der Waals surface area contributed by atoms with Gasteiger partial charge in [0.05, 0.1) is 11.4 Å². The summed E-state index contributed by atoms with van der Waals surface area (Å²) in [4.78, 5) is 7.34. The van der Waals surface area contributed by atoms with Crippen molar-refractivity contribution in [1.29, 1.82) is 0 Å². The molecule has 2 nitrogen and oxygen atoms in total. The summed E-state index contributed by atoms with van der Waals surface area (Å²) < 4.78 is 0. The third kappa shape index (κ3) is 2.89. The number of hydrogen-bond acceptors (Lipinski definition) is 3. The molecule has 0 N–H and O–H groups in total. The van der Waals surface area contributed by atoms with Gasteiger partial charge in [0, 0.05) is 34.3 Å². The molecule has 1 aliphatic rings. The summed E-state index contributed by atoms with van der Waals surface area (Å²) >= 11 is 1.85. The van der Waals surface area contributed by atoms with Crippen LogP contribution in [0.3, 0.4) is 0 Å². The monoisotopic (exact) mass is 346 g/mol. The predicted octanol–water partition coefficient (Wildman–Crippen LogP) is 6.47. The number of benzene rings is 3. The minimum atomic E-state index is 1.03. The Hall–Kier alpha value is -2.39. The number of anilines is 4. The highest BCUT2D eigenvalue weighted by Crippen LogP contribution is 2.51. The van der Waals surface area contributed by atoms with E-state index in [4.69, 9.17) is 0 Å². The van der Waals surface area contributed by atoms with E-state index in [-0.39, 0.29) is 0 Å². The van der Waals surface area contributed by atoms with E-state index in [0.717, 1.165) is 13.1 Å². The average Bonchev–Trinajstić information content (AvgIpc) is 2.68. The Morgan fingerprint density at radius 1 is 0.720 bits per heavy atom. The lowest BCUT2D eigenvalue weighted by molar-refractivity contribution is 0.866. The highest BCUT2D eigenvalue weighted by molar-refractivity contribution is 7.99. The van der Waals surface area contributed by atoms with Crippen LogP contribution in [0.2, 0.25) is 0 Å². The maximum Gasteiger partial charge on any atom is 0.0601 e. The Bertz CT molecular complexity index is 824. The highest BCUT2D eigenvalue weighted by atomic mass is 32.2. The van der Waals surface area contributed by atoms with E-state index in [2.05, 4.69) is 96.4 Å². The summed E-state index contributed by atoms with van der Waals surface area (Å²) in [7, 11) is 0. The van der Waals surface area contributed by atoms with E-state index in [1.807, 2.05) is 11.8 Å². The maximum atomic E-state index is 2.37. The van der Waals surface area contributed by atoms with Gasteiger partial charge in [0.2, 0.25) is 0 Å². The van der Waals surface area contributed by atoms with Crippen molar-refractivity contribution < 1.29 is 0 Å². The summed E-state index contributed by atoms with van der Waals surface area (Å²) in [5, 5.41) is 0. The topological polar surface area (TPSA) is 6.48 Å². The number of para-hydroxylation sites is 2. The Morgan fingerprint density at radius 3 is 1.76 bits per heavy atom. The lowest BCUT2D eigenvalue weighted by Gasteiger charge is -2.33. The molecule has 1 aliphatic heterocycles. The molecule has 0 aliphatic carbocycles. The first kappa shape index (κ1) is 16.1. The number of nitrogens with zero attached hydrogens (tertiary/aromatic N) is 2. The molecular formula is C22H22N2S. The van der Waals surface area contributed by atoms with Crippen LogP contribution >= 0.6 is 11.8 Å². The van der Waals surface area contributed by atoms with Crippen molar-refractivity contribution in [2.75, 3.05) is 22.9 Å². The molecule has 25 heavy (non-hydrogen) atoms. The fourth-order valence-electron chi connectivity index (χ4n) is 3.38.